The molecule has 0 saturated carbocycles. The molecule has 4 nitrogen and oxygen atoms in total. The number of hydrogen-bond donors (Lipinski definition) is 2. The smallest absolute Gasteiger partial charge is 0.257 e. The van der Waals surface area contributed by atoms with E-state index in [9.17, 15) is 4.79 Å². The van der Waals surface area contributed by atoms with Crippen molar-refractivity contribution in [1.82, 2.24) is 9.55 Å². The highest BCUT2D eigenvalue weighted by Crippen LogP contribution is 2.22. The molecule has 17 heavy (non-hydrogen) atoms. The number of pyridine rings is 1. The van der Waals surface area contributed by atoms with Gasteiger partial charge in [0.15, 0.2) is 0 Å². The van der Waals surface area contributed by atoms with Crippen LogP contribution in [0, 0.1) is 0 Å². The summed E-state index contributed by atoms with van der Waals surface area (Å²) in [5.41, 5.74) is 2.38. The Kier molecular flexibility index (Phi) is 2.06. The van der Waals surface area contributed by atoms with Crippen molar-refractivity contribution in [3.8, 4) is 0 Å². The number of aryl methyl sites for hydroxylation is 1. The Hall–Kier alpha value is -2.07. The van der Waals surface area contributed by atoms with Crippen LogP contribution in [0.3, 0.4) is 0 Å². The molecule has 0 aliphatic carbocycles. The van der Waals surface area contributed by atoms with E-state index >= 15 is 0 Å². The summed E-state index contributed by atoms with van der Waals surface area (Å²) in [5.74, 6) is 0. The fraction of sp³-hybridized carbons (Fsp3) is 0.154. The van der Waals surface area contributed by atoms with Crippen LogP contribution in [-0.2, 0) is 13.7 Å². The van der Waals surface area contributed by atoms with Gasteiger partial charge in [-0.1, -0.05) is 12.1 Å². The van der Waals surface area contributed by atoms with Crippen molar-refractivity contribution in [2.75, 3.05) is 0 Å². The van der Waals surface area contributed by atoms with Gasteiger partial charge in [-0.15, -0.1) is 0 Å². The Labute approximate surface area is 97.1 Å². The minimum atomic E-state index is -0.0943. The van der Waals surface area contributed by atoms with Crippen LogP contribution >= 0.6 is 0 Å². The molecule has 0 saturated heterocycles. The van der Waals surface area contributed by atoms with Gasteiger partial charge in [0.25, 0.3) is 5.56 Å². The molecule has 2 N–H and O–H groups in total. The molecule has 2 aromatic heterocycles. The first-order valence-electron chi connectivity index (χ1n) is 5.41. The van der Waals surface area contributed by atoms with Crippen LogP contribution in [0.15, 0.2) is 35.3 Å². The van der Waals surface area contributed by atoms with Crippen molar-refractivity contribution in [2.45, 2.75) is 6.61 Å². The van der Waals surface area contributed by atoms with Gasteiger partial charge in [-0.2, -0.15) is 0 Å². The van der Waals surface area contributed by atoms with Crippen molar-refractivity contribution in [1.29, 1.82) is 0 Å². The molecule has 2 heterocycles. The first-order valence-corrected chi connectivity index (χ1v) is 5.41. The number of aromatic nitrogens is 2. The third-order valence-electron chi connectivity index (χ3n) is 3.09. The van der Waals surface area contributed by atoms with Gasteiger partial charge < -0.3 is 14.7 Å². The standard InChI is InChI=1S/C13H12N2O2/c1-15-5-4-10-12(15)9-3-2-8(7-16)6-11(9)14-13(10)17/h2-6,16H,7H2,1H3,(H,14,17). The summed E-state index contributed by atoms with van der Waals surface area (Å²) >= 11 is 0. The number of hydrogen-bond acceptors (Lipinski definition) is 2. The van der Waals surface area contributed by atoms with E-state index in [-0.39, 0.29) is 12.2 Å². The zero-order chi connectivity index (χ0) is 12.0. The number of fused-ring (bicyclic) bond motifs is 3. The minimum absolute atomic E-state index is 0.0247. The van der Waals surface area contributed by atoms with Gasteiger partial charge in [-0.05, 0) is 17.7 Å². The van der Waals surface area contributed by atoms with E-state index in [4.69, 9.17) is 5.11 Å². The van der Waals surface area contributed by atoms with Crippen LogP contribution in [0.1, 0.15) is 5.56 Å². The lowest BCUT2D eigenvalue weighted by molar-refractivity contribution is 0.282. The van der Waals surface area contributed by atoms with Crippen molar-refractivity contribution >= 4 is 21.8 Å². The summed E-state index contributed by atoms with van der Waals surface area (Å²) in [4.78, 5) is 14.7. The van der Waals surface area contributed by atoms with E-state index in [1.54, 1.807) is 0 Å². The van der Waals surface area contributed by atoms with Gasteiger partial charge >= 0.3 is 0 Å². The van der Waals surface area contributed by atoms with Gasteiger partial charge in [0.05, 0.1) is 23.0 Å². The fourth-order valence-corrected chi connectivity index (χ4v) is 2.24. The average molecular weight is 228 g/mol. The average Bonchev–Trinajstić information content (AvgIpc) is 2.72. The number of aliphatic hydroxyl groups excluding tert-OH is 1. The molecule has 0 aliphatic rings. The SMILES string of the molecule is Cn1ccc2c(=O)[nH]c3cc(CO)ccc3c21. The van der Waals surface area contributed by atoms with E-state index < -0.39 is 0 Å². The Morgan fingerprint density at radius 1 is 1.29 bits per heavy atom. The predicted octanol–water partition coefficient (Wildman–Crippen LogP) is 1.51. The topological polar surface area (TPSA) is 58.0 Å². The molecular formula is C13H12N2O2. The molecule has 0 aliphatic heterocycles. The third kappa shape index (κ3) is 1.38. The molecule has 0 spiro atoms. The highest BCUT2D eigenvalue weighted by Gasteiger charge is 2.08. The van der Waals surface area contributed by atoms with Crippen LogP contribution in [-0.4, -0.2) is 14.7 Å². The molecule has 0 bridgehead atoms. The summed E-state index contributed by atoms with van der Waals surface area (Å²) in [7, 11) is 1.92. The number of rotatable bonds is 1. The molecule has 1 aromatic carbocycles. The summed E-state index contributed by atoms with van der Waals surface area (Å²) in [6.07, 6.45) is 1.87. The van der Waals surface area contributed by atoms with Crippen molar-refractivity contribution in [3.05, 3.63) is 46.4 Å². The second-order valence-electron chi connectivity index (χ2n) is 4.18. The Morgan fingerprint density at radius 3 is 2.88 bits per heavy atom. The zero-order valence-electron chi connectivity index (χ0n) is 9.40. The molecule has 0 fully saturated rings. The van der Waals surface area contributed by atoms with Crippen molar-refractivity contribution < 1.29 is 5.11 Å². The van der Waals surface area contributed by atoms with E-state index in [1.807, 2.05) is 42.1 Å². The maximum Gasteiger partial charge on any atom is 0.257 e. The molecule has 3 aromatic rings. The summed E-state index contributed by atoms with van der Waals surface area (Å²) in [5, 5.41) is 10.8. The molecule has 3 rings (SSSR count). The molecule has 4 heteroatoms. The second kappa shape index (κ2) is 3.46. The second-order valence-corrected chi connectivity index (χ2v) is 4.18. The highest BCUT2D eigenvalue weighted by molar-refractivity contribution is 6.03. The maximum absolute atomic E-state index is 11.9. The molecule has 0 atom stereocenters. The lowest BCUT2D eigenvalue weighted by atomic mass is 10.1. The van der Waals surface area contributed by atoms with E-state index in [0.717, 1.165) is 22.0 Å². The van der Waals surface area contributed by atoms with Crippen molar-refractivity contribution in [3.63, 3.8) is 0 Å². The molecule has 0 amide bonds. The predicted molar refractivity (Wildman–Crippen MR) is 67.0 cm³/mol. The van der Waals surface area contributed by atoms with Crippen LogP contribution in [0.2, 0.25) is 0 Å². The van der Waals surface area contributed by atoms with E-state index in [1.165, 1.54) is 0 Å². The van der Waals surface area contributed by atoms with Crippen molar-refractivity contribution in [2.24, 2.45) is 7.05 Å². The van der Waals surface area contributed by atoms with Gasteiger partial charge in [0.1, 0.15) is 0 Å². The lowest BCUT2D eigenvalue weighted by Crippen LogP contribution is -2.06. The Morgan fingerprint density at radius 2 is 2.12 bits per heavy atom. The molecule has 0 unspecified atom stereocenters. The Balaban J connectivity index is 2.56. The number of benzene rings is 1. The number of H-pyrrole nitrogens is 1. The normalized spacial score (nSPS) is 11.4. The lowest BCUT2D eigenvalue weighted by Gasteiger charge is -2.04. The van der Waals surface area contributed by atoms with Crippen LogP contribution in [0.5, 0.6) is 0 Å². The number of aliphatic hydroxyl groups is 1. The Bertz CT molecular complexity index is 768. The first-order chi connectivity index (χ1) is 8.20. The van der Waals surface area contributed by atoms with Gasteiger partial charge in [0.2, 0.25) is 0 Å². The van der Waals surface area contributed by atoms with Gasteiger partial charge in [-0.25, -0.2) is 0 Å². The molecular weight excluding hydrogens is 216 g/mol. The van der Waals surface area contributed by atoms with E-state index in [0.29, 0.717) is 5.39 Å². The van der Waals surface area contributed by atoms with Gasteiger partial charge in [-0.3, -0.25) is 4.79 Å². The van der Waals surface area contributed by atoms with Crippen LogP contribution in [0.25, 0.3) is 21.8 Å². The van der Waals surface area contributed by atoms with Crippen LogP contribution < -0.4 is 5.56 Å². The monoisotopic (exact) mass is 228 g/mol. The van der Waals surface area contributed by atoms with E-state index in [2.05, 4.69) is 4.98 Å². The zero-order valence-corrected chi connectivity index (χ0v) is 9.40. The maximum atomic E-state index is 11.9. The molecule has 0 radical (unpaired) electrons. The summed E-state index contributed by atoms with van der Waals surface area (Å²) in [6.45, 7) is -0.0247. The third-order valence-corrected chi connectivity index (χ3v) is 3.09. The van der Waals surface area contributed by atoms with Crippen LogP contribution in [0.4, 0.5) is 0 Å². The quantitative estimate of drug-likeness (QED) is 0.663. The highest BCUT2D eigenvalue weighted by atomic mass is 16.3. The fourth-order valence-electron chi connectivity index (χ4n) is 2.24. The summed E-state index contributed by atoms with van der Waals surface area (Å²) < 4.78 is 1.94. The first kappa shape index (κ1) is 10.1. The minimum Gasteiger partial charge on any atom is -0.392 e. The van der Waals surface area contributed by atoms with Gasteiger partial charge in [0, 0.05) is 18.6 Å². The number of aromatic amines is 1. The summed E-state index contributed by atoms with van der Waals surface area (Å²) in [6, 6.07) is 7.42. The number of nitrogens with zero attached hydrogens (tertiary/aromatic N) is 1. The largest absolute Gasteiger partial charge is 0.392 e. The molecule has 86 valence electrons. The number of nitrogens with one attached hydrogen (secondary N) is 1.